The first kappa shape index (κ1) is 14.0. The fourth-order valence-electron chi connectivity index (χ4n) is 2.34. The number of fused-ring (bicyclic) bond motifs is 1. The van der Waals surface area contributed by atoms with Gasteiger partial charge in [0, 0.05) is 11.5 Å². The Labute approximate surface area is 105 Å². The summed E-state index contributed by atoms with van der Waals surface area (Å²) in [6, 6.07) is 5.66. The first-order valence-corrected chi connectivity index (χ1v) is 5.57. The molecule has 0 saturated carbocycles. The average Bonchev–Trinajstić information content (AvgIpc) is 2.65. The molecule has 2 rings (SSSR count). The van der Waals surface area contributed by atoms with E-state index in [4.69, 9.17) is 0 Å². The van der Waals surface area contributed by atoms with Gasteiger partial charge in [-0.3, -0.25) is 0 Å². The first-order valence-electron chi connectivity index (χ1n) is 5.57. The van der Waals surface area contributed by atoms with Crippen LogP contribution in [0.15, 0.2) is 29.8 Å². The van der Waals surface area contributed by atoms with Gasteiger partial charge in [0.1, 0.15) is 0 Å². The number of allylic oxidation sites excluding steroid dienone is 1. The van der Waals surface area contributed by atoms with Gasteiger partial charge < -0.3 is 0 Å². The molecule has 104 valence electrons. The van der Waals surface area contributed by atoms with Crippen LogP contribution in [0.25, 0.3) is 6.08 Å². The van der Waals surface area contributed by atoms with Crippen molar-refractivity contribution in [2.45, 2.75) is 25.2 Å². The van der Waals surface area contributed by atoms with Gasteiger partial charge in [-0.05, 0) is 17.2 Å². The lowest BCUT2D eigenvalue weighted by molar-refractivity contribution is -0.178. The summed E-state index contributed by atoms with van der Waals surface area (Å²) < 4.78 is 77.0. The molecule has 0 bridgehead atoms. The molecule has 0 amide bonds. The van der Waals surface area contributed by atoms with E-state index < -0.39 is 29.8 Å². The van der Waals surface area contributed by atoms with E-state index >= 15 is 0 Å². The third-order valence-corrected chi connectivity index (χ3v) is 3.32. The number of halogens is 6. The lowest BCUT2D eigenvalue weighted by Crippen LogP contribution is -2.30. The zero-order valence-corrected chi connectivity index (χ0v) is 9.81. The molecule has 0 radical (unpaired) electrons. The molecule has 1 aromatic rings. The van der Waals surface area contributed by atoms with Gasteiger partial charge in [-0.1, -0.05) is 31.2 Å². The molecule has 0 heterocycles. The molecule has 0 aromatic heterocycles. The molecule has 0 N–H and O–H groups in total. The number of hydrogen-bond donors (Lipinski definition) is 0. The second-order valence-corrected chi connectivity index (χ2v) is 4.53. The molecule has 1 aliphatic rings. The van der Waals surface area contributed by atoms with Gasteiger partial charge in [-0.15, -0.1) is 0 Å². The van der Waals surface area contributed by atoms with Crippen molar-refractivity contribution in [3.05, 3.63) is 41.0 Å². The Bertz CT molecular complexity index is 509. The van der Waals surface area contributed by atoms with Crippen LogP contribution in [-0.4, -0.2) is 12.4 Å². The Morgan fingerprint density at radius 3 is 2.11 bits per heavy atom. The Kier molecular flexibility index (Phi) is 3.15. The summed E-state index contributed by atoms with van der Waals surface area (Å²) in [5.41, 5.74) is -0.839. The summed E-state index contributed by atoms with van der Waals surface area (Å²) in [5.74, 6) is -3.76. The fraction of sp³-hybridized carbons (Fsp3) is 0.385. The van der Waals surface area contributed by atoms with Crippen molar-refractivity contribution in [1.29, 1.82) is 0 Å². The topological polar surface area (TPSA) is 0 Å². The second kappa shape index (κ2) is 4.28. The number of alkyl halides is 6. The SMILES string of the molecule is CC(C1C(C(F)(F)F)=Cc2ccccc21)C(F)(F)F. The van der Waals surface area contributed by atoms with Gasteiger partial charge >= 0.3 is 12.4 Å². The van der Waals surface area contributed by atoms with Crippen molar-refractivity contribution >= 4 is 6.08 Å². The number of hydrogen-bond acceptors (Lipinski definition) is 0. The maximum atomic E-state index is 12.9. The molecule has 0 aliphatic heterocycles. The summed E-state index contributed by atoms with van der Waals surface area (Å²) in [6.07, 6.45) is -8.63. The first-order chi connectivity index (χ1) is 8.62. The highest BCUT2D eigenvalue weighted by Crippen LogP contribution is 2.51. The van der Waals surface area contributed by atoms with Gasteiger partial charge in [0.25, 0.3) is 0 Å². The van der Waals surface area contributed by atoms with Gasteiger partial charge in [0.05, 0.1) is 5.92 Å². The zero-order chi connectivity index (χ0) is 14.4. The molecule has 0 nitrogen and oxygen atoms in total. The zero-order valence-electron chi connectivity index (χ0n) is 9.81. The minimum absolute atomic E-state index is 0.0830. The maximum absolute atomic E-state index is 12.9. The Morgan fingerprint density at radius 2 is 1.58 bits per heavy atom. The molecule has 0 fully saturated rings. The molecule has 1 aromatic carbocycles. The summed E-state index contributed by atoms with van der Waals surface area (Å²) in [7, 11) is 0. The third-order valence-electron chi connectivity index (χ3n) is 3.32. The monoisotopic (exact) mass is 280 g/mol. The Balaban J connectivity index is 2.52. The predicted octanol–water partition coefficient (Wildman–Crippen LogP) is 4.93. The second-order valence-electron chi connectivity index (χ2n) is 4.53. The highest BCUT2D eigenvalue weighted by atomic mass is 19.4. The number of benzene rings is 1. The average molecular weight is 280 g/mol. The molecular weight excluding hydrogens is 270 g/mol. The quantitative estimate of drug-likeness (QED) is 0.640. The van der Waals surface area contributed by atoms with E-state index in [0.717, 1.165) is 13.0 Å². The lowest BCUT2D eigenvalue weighted by atomic mass is 9.84. The van der Waals surface area contributed by atoms with Crippen molar-refractivity contribution in [2.75, 3.05) is 0 Å². The van der Waals surface area contributed by atoms with Crippen molar-refractivity contribution in [3.63, 3.8) is 0 Å². The van der Waals surface area contributed by atoms with Crippen molar-refractivity contribution in [3.8, 4) is 0 Å². The van der Waals surface area contributed by atoms with Gasteiger partial charge in [-0.25, -0.2) is 0 Å². The molecule has 2 atom stereocenters. The van der Waals surface area contributed by atoms with Crippen molar-refractivity contribution in [1.82, 2.24) is 0 Å². The minimum atomic E-state index is -4.76. The smallest absolute Gasteiger partial charge is 0.171 e. The maximum Gasteiger partial charge on any atom is 0.413 e. The van der Waals surface area contributed by atoms with Crippen LogP contribution < -0.4 is 0 Å². The third kappa shape index (κ3) is 2.48. The van der Waals surface area contributed by atoms with Crippen molar-refractivity contribution < 1.29 is 26.3 Å². The van der Waals surface area contributed by atoms with Crippen LogP contribution >= 0.6 is 0 Å². The minimum Gasteiger partial charge on any atom is -0.171 e. The normalized spacial score (nSPS) is 21.0. The Hall–Kier alpha value is -1.46. The fourth-order valence-corrected chi connectivity index (χ4v) is 2.34. The van der Waals surface area contributed by atoms with E-state index in [-0.39, 0.29) is 11.1 Å². The molecule has 2 unspecified atom stereocenters. The predicted molar refractivity (Wildman–Crippen MR) is 58.4 cm³/mol. The highest BCUT2D eigenvalue weighted by molar-refractivity contribution is 5.68. The highest BCUT2D eigenvalue weighted by Gasteiger charge is 2.51. The van der Waals surface area contributed by atoms with Gasteiger partial charge in [-0.2, -0.15) is 26.3 Å². The van der Waals surface area contributed by atoms with Gasteiger partial charge in [0.2, 0.25) is 0 Å². The lowest BCUT2D eigenvalue weighted by Gasteiger charge is -2.27. The molecule has 0 spiro atoms. The van der Waals surface area contributed by atoms with Gasteiger partial charge in [0.15, 0.2) is 0 Å². The Morgan fingerprint density at radius 1 is 1.00 bits per heavy atom. The molecule has 6 heteroatoms. The van der Waals surface area contributed by atoms with E-state index in [0.29, 0.717) is 0 Å². The summed E-state index contributed by atoms with van der Waals surface area (Å²) >= 11 is 0. The summed E-state index contributed by atoms with van der Waals surface area (Å²) in [5, 5.41) is 0. The molecule has 0 saturated heterocycles. The van der Waals surface area contributed by atoms with Crippen molar-refractivity contribution in [2.24, 2.45) is 5.92 Å². The molecular formula is C13H10F6. The van der Waals surface area contributed by atoms with E-state index in [9.17, 15) is 26.3 Å². The van der Waals surface area contributed by atoms with E-state index in [1.54, 1.807) is 0 Å². The molecule has 1 aliphatic carbocycles. The largest absolute Gasteiger partial charge is 0.413 e. The van der Waals surface area contributed by atoms with Crippen LogP contribution in [0.2, 0.25) is 0 Å². The standard InChI is InChI=1S/C13H10F6/c1-7(12(14,15)16)11-9-5-3-2-4-8(9)6-10(11)13(17,18)19/h2-7,11H,1H3. The summed E-state index contributed by atoms with van der Waals surface area (Å²) in [4.78, 5) is 0. The van der Waals surface area contributed by atoms with Crippen LogP contribution in [0, 0.1) is 5.92 Å². The van der Waals surface area contributed by atoms with Crippen LogP contribution in [0.3, 0.4) is 0 Å². The van der Waals surface area contributed by atoms with E-state index in [1.807, 2.05) is 0 Å². The van der Waals surface area contributed by atoms with E-state index in [2.05, 4.69) is 0 Å². The van der Waals surface area contributed by atoms with Crippen LogP contribution in [0.4, 0.5) is 26.3 Å². The summed E-state index contributed by atoms with van der Waals surface area (Å²) in [6.45, 7) is 0.784. The number of rotatable bonds is 1. The molecule has 19 heavy (non-hydrogen) atoms. The van der Waals surface area contributed by atoms with Crippen LogP contribution in [0.5, 0.6) is 0 Å². The van der Waals surface area contributed by atoms with Crippen LogP contribution in [-0.2, 0) is 0 Å². The van der Waals surface area contributed by atoms with E-state index in [1.165, 1.54) is 24.3 Å². The van der Waals surface area contributed by atoms with Crippen LogP contribution in [0.1, 0.15) is 24.0 Å².